The number of aliphatic hydroxyl groups is 1. The minimum Gasteiger partial charge on any atom is -0.479 e. The lowest BCUT2D eigenvalue weighted by Gasteiger charge is -2.18. The van der Waals surface area contributed by atoms with Gasteiger partial charge in [0, 0.05) is 11.8 Å². The van der Waals surface area contributed by atoms with Crippen LogP contribution in [0.2, 0.25) is 0 Å². The van der Waals surface area contributed by atoms with Crippen LogP contribution in [0.4, 0.5) is 4.39 Å². The van der Waals surface area contributed by atoms with E-state index in [1.54, 1.807) is 0 Å². The van der Waals surface area contributed by atoms with Gasteiger partial charge in [-0.2, -0.15) is 0 Å². The van der Waals surface area contributed by atoms with Crippen LogP contribution in [0.1, 0.15) is 19.4 Å². The van der Waals surface area contributed by atoms with Gasteiger partial charge in [-0.1, -0.05) is 0 Å². The van der Waals surface area contributed by atoms with E-state index in [1.165, 1.54) is 33.2 Å². The Kier molecular flexibility index (Phi) is 2.52. The molecule has 0 saturated carbocycles. The number of hydrogen-bond acceptors (Lipinski definition) is 3. The van der Waals surface area contributed by atoms with E-state index in [4.69, 9.17) is 0 Å². The zero-order valence-corrected chi connectivity index (χ0v) is 7.84. The molecule has 1 rings (SSSR count). The van der Waals surface area contributed by atoms with Gasteiger partial charge in [-0.15, -0.1) is 0 Å². The Balaban J connectivity index is 3.24. The summed E-state index contributed by atoms with van der Waals surface area (Å²) in [4.78, 5) is 3.66. The summed E-state index contributed by atoms with van der Waals surface area (Å²) in [6.07, 6.45) is 1.40. The van der Waals surface area contributed by atoms with E-state index in [-0.39, 0.29) is 11.4 Å². The average molecular weight is 185 g/mol. The van der Waals surface area contributed by atoms with Crippen molar-refractivity contribution in [2.75, 3.05) is 7.11 Å². The van der Waals surface area contributed by atoms with Crippen molar-refractivity contribution >= 4 is 0 Å². The molecule has 0 aromatic carbocycles. The molecule has 0 saturated heterocycles. The molecular weight excluding hydrogens is 173 g/mol. The molecule has 1 N–H and O–H groups in total. The topological polar surface area (TPSA) is 42.4 Å². The van der Waals surface area contributed by atoms with Crippen LogP contribution in [0.15, 0.2) is 12.3 Å². The summed E-state index contributed by atoms with van der Waals surface area (Å²) in [6.45, 7) is 3.01. The lowest BCUT2D eigenvalue weighted by Crippen LogP contribution is -2.18. The monoisotopic (exact) mass is 185 g/mol. The maximum absolute atomic E-state index is 13.4. The molecule has 3 nitrogen and oxygen atoms in total. The first kappa shape index (κ1) is 9.92. The largest absolute Gasteiger partial charge is 0.479 e. The molecule has 0 spiro atoms. The van der Waals surface area contributed by atoms with Gasteiger partial charge in [0.25, 0.3) is 0 Å². The van der Waals surface area contributed by atoms with Crippen molar-refractivity contribution in [2.45, 2.75) is 19.4 Å². The van der Waals surface area contributed by atoms with Gasteiger partial charge in [0.15, 0.2) is 5.82 Å². The third-order valence-electron chi connectivity index (χ3n) is 1.71. The van der Waals surface area contributed by atoms with E-state index in [0.29, 0.717) is 0 Å². The van der Waals surface area contributed by atoms with Crippen LogP contribution >= 0.6 is 0 Å². The maximum atomic E-state index is 13.4. The van der Waals surface area contributed by atoms with Crippen LogP contribution in [-0.4, -0.2) is 17.2 Å². The molecule has 0 aliphatic carbocycles. The molecule has 72 valence electrons. The highest BCUT2D eigenvalue weighted by Gasteiger charge is 2.23. The highest BCUT2D eigenvalue weighted by molar-refractivity contribution is 5.27. The van der Waals surface area contributed by atoms with E-state index in [9.17, 15) is 9.50 Å². The summed E-state index contributed by atoms with van der Waals surface area (Å²) < 4.78 is 18.1. The number of methoxy groups -OCH3 is 1. The number of hydrogen-bond donors (Lipinski definition) is 1. The van der Waals surface area contributed by atoms with Crippen molar-refractivity contribution in [1.29, 1.82) is 0 Å². The van der Waals surface area contributed by atoms with Gasteiger partial charge < -0.3 is 9.84 Å². The second kappa shape index (κ2) is 3.30. The standard InChI is InChI=1S/C9H12FNO2/c1-9(2,12)6-4-5-11-8(13-3)7(6)10/h4-5,12H,1-3H3. The number of halogens is 1. The van der Waals surface area contributed by atoms with Gasteiger partial charge >= 0.3 is 0 Å². The summed E-state index contributed by atoms with van der Waals surface area (Å²) in [5, 5.41) is 9.57. The van der Waals surface area contributed by atoms with Gasteiger partial charge in [0.05, 0.1) is 12.7 Å². The highest BCUT2D eigenvalue weighted by Crippen LogP contribution is 2.26. The van der Waals surface area contributed by atoms with E-state index in [2.05, 4.69) is 9.72 Å². The summed E-state index contributed by atoms with van der Waals surface area (Å²) in [6, 6.07) is 1.43. The van der Waals surface area contributed by atoms with Gasteiger partial charge in [0.1, 0.15) is 0 Å². The smallest absolute Gasteiger partial charge is 0.250 e. The Morgan fingerprint density at radius 2 is 2.15 bits per heavy atom. The maximum Gasteiger partial charge on any atom is 0.250 e. The lowest BCUT2D eigenvalue weighted by molar-refractivity contribution is 0.0736. The number of pyridine rings is 1. The molecule has 0 unspecified atom stereocenters. The molecule has 0 radical (unpaired) electrons. The molecule has 0 aliphatic rings. The minimum absolute atomic E-state index is 0.0976. The van der Waals surface area contributed by atoms with Crippen LogP contribution in [0, 0.1) is 5.82 Å². The third kappa shape index (κ3) is 1.95. The molecule has 0 amide bonds. The number of rotatable bonds is 2. The second-order valence-electron chi connectivity index (χ2n) is 3.24. The summed E-state index contributed by atoms with van der Waals surface area (Å²) in [5.41, 5.74) is -1.04. The number of ether oxygens (including phenoxy) is 1. The van der Waals surface area contributed by atoms with E-state index in [1.807, 2.05) is 0 Å². The van der Waals surface area contributed by atoms with Crippen molar-refractivity contribution in [3.63, 3.8) is 0 Å². The summed E-state index contributed by atoms with van der Waals surface area (Å²) in [5.74, 6) is -0.711. The van der Waals surface area contributed by atoms with Crippen molar-refractivity contribution in [3.8, 4) is 5.88 Å². The fourth-order valence-electron chi connectivity index (χ4n) is 1.04. The van der Waals surface area contributed by atoms with Crippen LogP contribution < -0.4 is 4.74 Å². The van der Waals surface area contributed by atoms with Crippen LogP contribution in [0.5, 0.6) is 5.88 Å². The van der Waals surface area contributed by atoms with Crippen molar-refractivity contribution in [3.05, 3.63) is 23.6 Å². The lowest BCUT2D eigenvalue weighted by atomic mass is 9.99. The molecule has 0 aliphatic heterocycles. The molecule has 1 heterocycles. The minimum atomic E-state index is -1.22. The van der Waals surface area contributed by atoms with E-state index < -0.39 is 11.4 Å². The van der Waals surface area contributed by atoms with Crippen molar-refractivity contribution < 1.29 is 14.2 Å². The predicted octanol–water partition coefficient (Wildman–Crippen LogP) is 1.46. The Morgan fingerprint density at radius 3 is 2.62 bits per heavy atom. The van der Waals surface area contributed by atoms with Gasteiger partial charge in [-0.05, 0) is 19.9 Å². The zero-order valence-electron chi connectivity index (χ0n) is 7.84. The molecule has 1 aromatic heterocycles. The Morgan fingerprint density at radius 1 is 1.54 bits per heavy atom. The highest BCUT2D eigenvalue weighted by atomic mass is 19.1. The average Bonchev–Trinajstić information content (AvgIpc) is 2.02. The zero-order chi connectivity index (χ0) is 10.1. The molecular formula is C9H12FNO2. The summed E-state index contributed by atoms with van der Waals surface area (Å²) in [7, 11) is 1.33. The number of aromatic nitrogens is 1. The molecule has 0 fully saturated rings. The first-order valence-electron chi connectivity index (χ1n) is 3.88. The molecule has 0 bridgehead atoms. The molecule has 1 aromatic rings. The SMILES string of the molecule is COc1nccc(C(C)(C)O)c1F. The van der Waals surface area contributed by atoms with Gasteiger partial charge in [-0.3, -0.25) is 0 Å². The molecule has 13 heavy (non-hydrogen) atoms. The van der Waals surface area contributed by atoms with Crippen LogP contribution in [-0.2, 0) is 5.60 Å². The van der Waals surface area contributed by atoms with E-state index >= 15 is 0 Å². The predicted molar refractivity (Wildman–Crippen MR) is 46.0 cm³/mol. The first-order valence-corrected chi connectivity index (χ1v) is 3.88. The quantitative estimate of drug-likeness (QED) is 0.758. The fourth-order valence-corrected chi connectivity index (χ4v) is 1.04. The Labute approximate surface area is 76.2 Å². The normalized spacial score (nSPS) is 11.5. The van der Waals surface area contributed by atoms with Crippen LogP contribution in [0.25, 0.3) is 0 Å². The third-order valence-corrected chi connectivity index (χ3v) is 1.71. The van der Waals surface area contributed by atoms with E-state index in [0.717, 1.165) is 0 Å². The first-order chi connectivity index (χ1) is 5.96. The van der Waals surface area contributed by atoms with Gasteiger partial charge in [-0.25, -0.2) is 9.37 Å². The molecule has 0 atom stereocenters. The number of nitrogens with zero attached hydrogens (tertiary/aromatic N) is 1. The van der Waals surface area contributed by atoms with Crippen molar-refractivity contribution in [2.24, 2.45) is 0 Å². The second-order valence-corrected chi connectivity index (χ2v) is 3.24. The van der Waals surface area contributed by atoms with Crippen LogP contribution in [0.3, 0.4) is 0 Å². The molecule has 4 heteroatoms. The van der Waals surface area contributed by atoms with Gasteiger partial charge in [0.2, 0.25) is 5.88 Å². The summed E-state index contributed by atoms with van der Waals surface area (Å²) >= 11 is 0. The van der Waals surface area contributed by atoms with Crippen molar-refractivity contribution in [1.82, 2.24) is 4.98 Å². The fraction of sp³-hybridized carbons (Fsp3) is 0.444. The Bertz CT molecular complexity index is 307. The Hall–Kier alpha value is -1.16.